The maximum absolute atomic E-state index is 5.81. The van der Waals surface area contributed by atoms with Crippen LogP contribution in [-0.4, -0.2) is 21.2 Å². The molecule has 6 heteroatoms. The Hall–Kier alpha value is -1.14. The van der Waals surface area contributed by atoms with Crippen LogP contribution in [0.1, 0.15) is 24.5 Å². The van der Waals surface area contributed by atoms with Crippen molar-refractivity contribution >= 4 is 28.2 Å². The van der Waals surface area contributed by atoms with Gasteiger partial charge in [0, 0.05) is 12.1 Å². The summed E-state index contributed by atoms with van der Waals surface area (Å²) in [7, 11) is 0. The summed E-state index contributed by atoms with van der Waals surface area (Å²) >= 11 is 3.07. The molecule has 88 valence electrons. The van der Waals surface area contributed by atoms with E-state index in [-0.39, 0.29) is 0 Å². The topological polar surface area (TPSA) is 64.7 Å². The predicted octanol–water partition coefficient (Wildman–Crippen LogP) is 2.78. The van der Waals surface area contributed by atoms with Crippen LogP contribution in [0.5, 0.6) is 0 Å². The standard InChI is InChI=1S/C11H12N4S2/c1-16-11-13-5-4-7(14-11)9-8(6-2-3-6)15-10(12)17-9/h4-6H,2-3H2,1H3,(H2,12,15). The van der Waals surface area contributed by atoms with Crippen molar-refractivity contribution in [1.82, 2.24) is 15.0 Å². The minimum atomic E-state index is 0.589. The average molecular weight is 264 g/mol. The van der Waals surface area contributed by atoms with Crippen molar-refractivity contribution < 1.29 is 0 Å². The van der Waals surface area contributed by atoms with E-state index in [2.05, 4.69) is 15.0 Å². The second-order valence-electron chi connectivity index (χ2n) is 3.97. The number of aromatic nitrogens is 3. The molecule has 0 amide bonds. The van der Waals surface area contributed by atoms with Crippen molar-refractivity contribution in [3.05, 3.63) is 18.0 Å². The van der Waals surface area contributed by atoms with Crippen molar-refractivity contribution in [1.29, 1.82) is 0 Å². The normalized spacial score (nSPS) is 15.1. The van der Waals surface area contributed by atoms with Gasteiger partial charge in [-0.05, 0) is 25.2 Å². The first kappa shape index (κ1) is 11.0. The van der Waals surface area contributed by atoms with E-state index in [1.807, 2.05) is 12.3 Å². The molecule has 0 bridgehead atoms. The third kappa shape index (κ3) is 2.14. The van der Waals surface area contributed by atoms with E-state index in [9.17, 15) is 0 Å². The molecule has 1 aliphatic rings. The van der Waals surface area contributed by atoms with Gasteiger partial charge >= 0.3 is 0 Å². The van der Waals surface area contributed by atoms with Gasteiger partial charge in [-0.3, -0.25) is 0 Å². The summed E-state index contributed by atoms with van der Waals surface area (Å²) in [6.45, 7) is 0. The van der Waals surface area contributed by atoms with Crippen molar-refractivity contribution in [3.63, 3.8) is 0 Å². The van der Waals surface area contributed by atoms with E-state index in [1.54, 1.807) is 18.0 Å². The van der Waals surface area contributed by atoms with E-state index in [4.69, 9.17) is 5.73 Å². The monoisotopic (exact) mass is 264 g/mol. The molecular weight excluding hydrogens is 252 g/mol. The fraction of sp³-hybridized carbons (Fsp3) is 0.364. The van der Waals surface area contributed by atoms with Gasteiger partial charge in [0.25, 0.3) is 0 Å². The molecule has 0 saturated heterocycles. The van der Waals surface area contributed by atoms with Crippen LogP contribution in [0, 0.1) is 0 Å². The molecule has 0 atom stereocenters. The molecule has 3 rings (SSSR count). The third-order valence-corrected chi connectivity index (χ3v) is 4.17. The largest absolute Gasteiger partial charge is 0.375 e. The van der Waals surface area contributed by atoms with Crippen molar-refractivity contribution in [2.45, 2.75) is 23.9 Å². The second-order valence-corrected chi connectivity index (χ2v) is 5.77. The molecular formula is C11H12N4S2. The zero-order valence-electron chi connectivity index (χ0n) is 9.38. The first-order valence-corrected chi connectivity index (χ1v) is 7.45. The van der Waals surface area contributed by atoms with Gasteiger partial charge in [-0.1, -0.05) is 23.1 Å². The fourth-order valence-electron chi connectivity index (χ4n) is 1.73. The van der Waals surface area contributed by atoms with E-state index < -0.39 is 0 Å². The molecule has 0 radical (unpaired) electrons. The SMILES string of the molecule is CSc1nccc(-c2sc(N)nc2C2CC2)n1. The summed E-state index contributed by atoms with van der Waals surface area (Å²) in [5, 5.41) is 1.42. The van der Waals surface area contributed by atoms with Gasteiger partial charge in [0.05, 0.1) is 16.3 Å². The first-order valence-electron chi connectivity index (χ1n) is 5.41. The van der Waals surface area contributed by atoms with Crippen LogP contribution in [-0.2, 0) is 0 Å². The van der Waals surface area contributed by atoms with Crippen molar-refractivity contribution in [3.8, 4) is 10.6 Å². The van der Waals surface area contributed by atoms with Crippen molar-refractivity contribution in [2.24, 2.45) is 0 Å². The molecule has 0 aliphatic heterocycles. The third-order valence-electron chi connectivity index (χ3n) is 2.68. The molecule has 2 heterocycles. The van der Waals surface area contributed by atoms with E-state index >= 15 is 0 Å². The van der Waals surface area contributed by atoms with Gasteiger partial charge in [-0.25, -0.2) is 15.0 Å². The van der Waals surface area contributed by atoms with Gasteiger partial charge in [0.15, 0.2) is 10.3 Å². The molecule has 1 aliphatic carbocycles. The highest BCUT2D eigenvalue weighted by atomic mass is 32.2. The molecule has 0 spiro atoms. The summed E-state index contributed by atoms with van der Waals surface area (Å²) in [5.74, 6) is 0.589. The number of thiazole rings is 1. The van der Waals surface area contributed by atoms with Gasteiger partial charge in [0.2, 0.25) is 0 Å². The Morgan fingerprint density at radius 1 is 1.41 bits per heavy atom. The Kier molecular flexibility index (Phi) is 2.76. The smallest absolute Gasteiger partial charge is 0.187 e. The number of nitrogens with two attached hydrogens (primary N) is 1. The molecule has 4 nitrogen and oxygen atoms in total. The lowest BCUT2D eigenvalue weighted by Gasteiger charge is -2.01. The zero-order valence-corrected chi connectivity index (χ0v) is 11.0. The Morgan fingerprint density at radius 3 is 2.94 bits per heavy atom. The first-order chi connectivity index (χ1) is 8.28. The summed E-state index contributed by atoms with van der Waals surface area (Å²) in [4.78, 5) is 14.2. The average Bonchev–Trinajstić information content (AvgIpc) is 3.12. The van der Waals surface area contributed by atoms with Gasteiger partial charge in [-0.2, -0.15) is 0 Å². The van der Waals surface area contributed by atoms with Crippen molar-refractivity contribution in [2.75, 3.05) is 12.0 Å². The lowest BCUT2D eigenvalue weighted by Crippen LogP contribution is -1.90. The van der Waals surface area contributed by atoms with E-state index in [1.165, 1.54) is 24.2 Å². The number of anilines is 1. The lowest BCUT2D eigenvalue weighted by molar-refractivity contribution is 0.971. The number of hydrogen-bond acceptors (Lipinski definition) is 6. The number of rotatable bonds is 3. The van der Waals surface area contributed by atoms with Crippen LogP contribution in [0.25, 0.3) is 10.6 Å². The fourth-order valence-corrected chi connectivity index (χ4v) is 2.98. The Bertz CT molecular complexity index is 548. The minimum absolute atomic E-state index is 0.589. The maximum atomic E-state index is 5.81. The predicted molar refractivity (Wildman–Crippen MR) is 71.3 cm³/mol. The van der Waals surface area contributed by atoms with Crippen LogP contribution in [0.15, 0.2) is 17.4 Å². The molecule has 1 saturated carbocycles. The summed E-state index contributed by atoms with van der Waals surface area (Å²) in [5.41, 5.74) is 7.88. The highest BCUT2D eigenvalue weighted by Gasteiger charge is 2.30. The number of nitrogens with zero attached hydrogens (tertiary/aromatic N) is 3. The molecule has 0 unspecified atom stereocenters. The van der Waals surface area contributed by atoms with Gasteiger partial charge in [-0.15, -0.1) is 0 Å². The number of thioether (sulfide) groups is 1. The van der Waals surface area contributed by atoms with Crippen LogP contribution in [0.3, 0.4) is 0 Å². The number of hydrogen-bond donors (Lipinski definition) is 1. The minimum Gasteiger partial charge on any atom is -0.375 e. The Labute approximate surface area is 108 Å². The van der Waals surface area contributed by atoms with Crippen LogP contribution < -0.4 is 5.73 Å². The highest BCUT2D eigenvalue weighted by molar-refractivity contribution is 7.98. The van der Waals surface area contributed by atoms with Gasteiger partial charge < -0.3 is 5.73 Å². The Morgan fingerprint density at radius 2 is 2.24 bits per heavy atom. The summed E-state index contributed by atoms with van der Waals surface area (Å²) in [6, 6.07) is 1.93. The highest BCUT2D eigenvalue weighted by Crippen LogP contribution is 2.46. The molecule has 17 heavy (non-hydrogen) atoms. The van der Waals surface area contributed by atoms with E-state index in [0.29, 0.717) is 11.0 Å². The quantitative estimate of drug-likeness (QED) is 0.682. The zero-order chi connectivity index (χ0) is 11.8. The molecule has 2 aromatic heterocycles. The Balaban J connectivity index is 2.07. The van der Waals surface area contributed by atoms with Crippen LogP contribution >= 0.6 is 23.1 Å². The lowest BCUT2D eigenvalue weighted by atomic mass is 10.2. The maximum Gasteiger partial charge on any atom is 0.187 e. The molecule has 2 N–H and O–H groups in total. The van der Waals surface area contributed by atoms with Crippen LogP contribution in [0.2, 0.25) is 0 Å². The van der Waals surface area contributed by atoms with Crippen LogP contribution in [0.4, 0.5) is 5.13 Å². The summed E-state index contributed by atoms with van der Waals surface area (Å²) in [6.07, 6.45) is 6.20. The number of nitrogen functional groups attached to an aromatic ring is 1. The van der Waals surface area contributed by atoms with Gasteiger partial charge in [0.1, 0.15) is 0 Å². The molecule has 1 fully saturated rings. The second kappa shape index (κ2) is 4.27. The van der Waals surface area contributed by atoms with E-state index in [0.717, 1.165) is 21.4 Å². The molecule has 0 aromatic carbocycles. The summed E-state index contributed by atoms with van der Waals surface area (Å²) < 4.78 is 0. The molecule has 2 aromatic rings.